The van der Waals surface area contributed by atoms with E-state index in [1.807, 2.05) is 13.1 Å². The second kappa shape index (κ2) is 4.68. The number of nitrogens with zero attached hydrogens (tertiary/aromatic N) is 4. The summed E-state index contributed by atoms with van der Waals surface area (Å²) in [7, 11) is 1.67. The molecule has 1 atom stereocenters. The number of urea groups is 1. The van der Waals surface area contributed by atoms with Gasteiger partial charge in [0.05, 0.1) is 0 Å². The van der Waals surface area contributed by atoms with Crippen molar-refractivity contribution >= 4 is 23.7 Å². The molecule has 3 heterocycles. The maximum Gasteiger partial charge on any atom is 0.399 e. The number of nitrogens with one attached hydrogen (secondary N) is 1. The maximum absolute atomic E-state index is 12.7. The van der Waals surface area contributed by atoms with E-state index in [4.69, 9.17) is 0 Å². The molecular formula is C14H20N5O2+. The average Bonchev–Trinajstić information content (AvgIpc) is 2.91. The SMILES string of the molecule is Cc1c[n+]2c([nH]1)N=C1C2C(=O)N(CCC(C)C)C(=O)N1C. The summed E-state index contributed by atoms with van der Waals surface area (Å²) < 4.78 is 1.80. The second-order valence-corrected chi connectivity index (χ2v) is 6.05. The van der Waals surface area contributed by atoms with Gasteiger partial charge in [-0.25, -0.2) is 14.3 Å². The van der Waals surface area contributed by atoms with E-state index in [2.05, 4.69) is 23.8 Å². The normalized spacial score (nSPS) is 21.0. The van der Waals surface area contributed by atoms with Crippen LogP contribution < -0.4 is 4.57 Å². The Labute approximate surface area is 123 Å². The smallest absolute Gasteiger partial charge is 0.270 e. The molecule has 1 aromatic heterocycles. The molecule has 112 valence electrons. The third-order valence-electron chi connectivity index (χ3n) is 3.92. The zero-order chi connectivity index (χ0) is 15.3. The number of amidine groups is 1. The molecule has 3 rings (SSSR count). The van der Waals surface area contributed by atoms with E-state index >= 15 is 0 Å². The molecule has 2 aliphatic heterocycles. The van der Waals surface area contributed by atoms with E-state index in [9.17, 15) is 9.59 Å². The van der Waals surface area contributed by atoms with Crippen LogP contribution in [0.25, 0.3) is 0 Å². The van der Waals surface area contributed by atoms with Crippen molar-refractivity contribution in [2.75, 3.05) is 13.6 Å². The van der Waals surface area contributed by atoms with Crippen LogP contribution in [0.1, 0.15) is 32.0 Å². The molecule has 1 N–H and O–H groups in total. The molecule has 0 aliphatic carbocycles. The van der Waals surface area contributed by atoms with Crippen LogP contribution in [0.3, 0.4) is 0 Å². The van der Waals surface area contributed by atoms with Crippen molar-refractivity contribution < 1.29 is 14.2 Å². The number of rotatable bonds is 3. The topological polar surface area (TPSA) is 72.6 Å². The van der Waals surface area contributed by atoms with Crippen LogP contribution in [0.15, 0.2) is 11.2 Å². The summed E-state index contributed by atoms with van der Waals surface area (Å²) in [6, 6.07) is -0.821. The van der Waals surface area contributed by atoms with Crippen molar-refractivity contribution in [3.8, 4) is 0 Å². The first kappa shape index (κ1) is 13.8. The van der Waals surface area contributed by atoms with E-state index in [1.54, 1.807) is 11.6 Å². The van der Waals surface area contributed by atoms with E-state index in [1.165, 1.54) is 9.80 Å². The predicted molar refractivity (Wildman–Crippen MR) is 76.2 cm³/mol. The van der Waals surface area contributed by atoms with Crippen molar-refractivity contribution in [1.29, 1.82) is 0 Å². The third-order valence-corrected chi connectivity index (χ3v) is 3.92. The van der Waals surface area contributed by atoms with Gasteiger partial charge in [0.25, 0.3) is 5.91 Å². The first-order chi connectivity index (χ1) is 9.90. The zero-order valence-electron chi connectivity index (χ0n) is 12.8. The number of fused-ring (bicyclic) bond motifs is 3. The first-order valence-electron chi connectivity index (χ1n) is 7.18. The highest BCUT2D eigenvalue weighted by atomic mass is 16.2. The van der Waals surface area contributed by atoms with Crippen LogP contribution in [0.4, 0.5) is 10.7 Å². The summed E-state index contributed by atoms with van der Waals surface area (Å²) in [6.45, 7) is 6.52. The standard InChI is InChI=1S/C14H19N5O2/c1-8(2)5-6-18-12(20)10-11(17(4)14(18)21)16-13-15-9(3)7-19(10)13/h7-8,10H,5-6H2,1-4H3/p+1. The van der Waals surface area contributed by atoms with E-state index in [0.29, 0.717) is 24.2 Å². The molecule has 1 saturated heterocycles. The lowest BCUT2D eigenvalue weighted by molar-refractivity contribution is -0.676. The highest BCUT2D eigenvalue weighted by molar-refractivity contribution is 6.18. The Morgan fingerprint density at radius 2 is 2.14 bits per heavy atom. The van der Waals surface area contributed by atoms with Crippen LogP contribution in [0.5, 0.6) is 0 Å². The molecule has 0 bridgehead atoms. The molecule has 0 saturated carbocycles. The van der Waals surface area contributed by atoms with Gasteiger partial charge in [0, 0.05) is 13.6 Å². The Kier molecular flexibility index (Phi) is 3.07. The fourth-order valence-electron chi connectivity index (χ4n) is 2.72. The van der Waals surface area contributed by atoms with Crippen LogP contribution in [-0.4, -0.2) is 46.2 Å². The Hall–Kier alpha value is -2.18. The number of aromatic amines is 1. The average molecular weight is 290 g/mol. The number of H-pyrrole nitrogens is 1. The summed E-state index contributed by atoms with van der Waals surface area (Å²) in [5.41, 5.74) is 0.939. The fourth-order valence-corrected chi connectivity index (χ4v) is 2.72. The van der Waals surface area contributed by atoms with Crippen LogP contribution in [0, 0.1) is 12.8 Å². The molecular weight excluding hydrogens is 270 g/mol. The number of aromatic nitrogens is 2. The molecule has 0 radical (unpaired) electrons. The highest BCUT2D eigenvalue weighted by Crippen LogP contribution is 2.27. The Morgan fingerprint density at radius 3 is 2.81 bits per heavy atom. The monoisotopic (exact) mass is 290 g/mol. The van der Waals surface area contributed by atoms with Crippen molar-refractivity contribution in [3.63, 3.8) is 0 Å². The van der Waals surface area contributed by atoms with Gasteiger partial charge in [-0.3, -0.25) is 14.6 Å². The number of aliphatic imine (C=N–C) groups is 1. The Morgan fingerprint density at radius 1 is 1.43 bits per heavy atom. The number of carbonyl (C=O) groups excluding carboxylic acids is 2. The fraction of sp³-hybridized carbons (Fsp3) is 0.571. The van der Waals surface area contributed by atoms with E-state index < -0.39 is 6.04 Å². The number of hydrogen-bond acceptors (Lipinski definition) is 3. The van der Waals surface area contributed by atoms with Crippen LogP contribution in [-0.2, 0) is 4.79 Å². The lowest BCUT2D eigenvalue weighted by Crippen LogP contribution is -2.62. The van der Waals surface area contributed by atoms with Crippen molar-refractivity contribution in [1.82, 2.24) is 14.8 Å². The molecule has 0 spiro atoms. The summed E-state index contributed by atoms with van der Waals surface area (Å²) in [5, 5.41) is 0. The number of imidazole rings is 1. The Balaban J connectivity index is 1.95. The number of aryl methyl sites for hydroxylation is 1. The van der Waals surface area contributed by atoms with Gasteiger partial charge in [-0.05, 0) is 19.3 Å². The van der Waals surface area contributed by atoms with Gasteiger partial charge in [-0.1, -0.05) is 18.8 Å². The molecule has 1 fully saturated rings. The lowest BCUT2D eigenvalue weighted by atomic mass is 10.1. The number of amides is 3. The van der Waals surface area contributed by atoms with Gasteiger partial charge in [-0.2, -0.15) is 0 Å². The number of carbonyl (C=O) groups is 2. The van der Waals surface area contributed by atoms with Crippen LogP contribution >= 0.6 is 0 Å². The molecule has 1 unspecified atom stereocenters. The zero-order valence-corrected chi connectivity index (χ0v) is 12.8. The molecule has 2 aliphatic rings. The molecule has 7 heteroatoms. The molecule has 0 aromatic carbocycles. The third kappa shape index (κ3) is 2.03. The van der Waals surface area contributed by atoms with Gasteiger partial charge in [0.15, 0.2) is 0 Å². The van der Waals surface area contributed by atoms with Crippen molar-refractivity contribution in [2.24, 2.45) is 10.9 Å². The largest absolute Gasteiger partial charge is 0.399 e. The van der Waals surface area contributed by atoms with Gasteiger partial charge in [0.1, 0.15) is 11.9 Å². The summed E-state index contributed by atoms with van der Waals surface area (Å²) in [6.07, 6.45) is 2.66. The van der Waals surface area contributed by atoms with Crippen LogP contribution in [0.2, 0.25) is 0 Å². The predicted octanol–water partition coefficient (Wildman–Crippen LogP) is 1.14. The maximum atomic E-state index is 12.7. The molecule has 3 amide bonds. The van der Waals surface area contributed by atoms with Gasteiger partial charge in [0.2, 0.25) is 11.9 Å². The summed E-state index contributed by atoms with van der Waals surface area (Å²) in [4.78, 5) is 35.4. The number of imide groups is 1. The first-order valence-corrected chi connectivity index (χ1v) is 7.18. The van der Waals surface area contributed by atoms with E-state index in [0.717, 1.165) is 12.1 Å². The summed E-state index contributed by atoms with van der Waals surface area (Å²) in [5.74, 6) is 1.36. The number of hydrogen-bond donors (Lipinski definition) is 1. The minimum absolute atomic E-state index is 0.194. The van der Waals surface area contributed by atoms with Gasteiger partial charge in [-0.15, -0.1) is 0 Å². The molecule has 21 heavy (non-hydrogen) atoms. The van der Waals surface area contributed by atoms with Gasteiger partial charge < -0.3 is 0 Å². The second-order valence-electron chi connectivity index (χ2n) is 6.05. The van der Waals surface area contributed by atoms with Crippen molar-refractivity contribution in [3.05, 3.63) is 11.9 Å². The number of likely N-dealkylation sites (N-methyl/N-ethyl adjacent to an activating group) is 1. The minimum Gasteiger partial charge on any atom is -0.270 e. The lowest BCUT2D eigenvalue weighted by Gasteiger charge is -2.33. The minimum atomic E-state index is -0.528. The van der Waals surface area contributed by atoms with Crippen molar-refractivity contribution in [2.45, 2.75) is 33.2 Å². The van der Waals surface area contributed by atoms with E-state index in [-0.39, 0.29) is 11.9 Å². The Bertz CT molecular complexity index is 646. The molecule has 1 aromatic rings. The quantitative estimate of drug-likeness (QED) is 0.848. The highest BCUT2D eigenvalue weighted by Gasteiger charge is 2.52. The van der Waals surface area contributed by atoms with Gasteiger partial charge >= 0.3 is 12.0 Å². The molecule has 7 nitrogen and oxygen atoms in total. The summed E-state index contributed by atoms with van der Waals surface area (Å²) >= 11 is 0.